The van der Waals surface area contributed by atoms with E-state index in [-0.39, 0.29) is 24.3 Å². The first kappa shape index (κ1) is 19.0. The first-order valence-corrected chi connectivity index (χ1v) is 8.70. The highest BCUT2D eigenvalue weighted by atomic mass is 16.4. The number of likely N-dealkylation sites (tertiary alicyclic amines) is 1. The molecule has 1 aliphatic heterocycles. The van der Waals surface area contributed by atoms with Crippen LogP contribution in [0.4, 0.5) is 0 Å². The van der Waals surface area contributed by atoms with E-state index in [1.54, 1.807) is 0 Å². The quantitative estimate of drug-likeness (QED) is 0.852. The van der Waals surface area contributed by atoms with Crippen molar-refractivity contribution >= 4 is 17.8 Å². The maximum absolute atomic E-state index is 12.6. The van der Waals surface area contributed by atoms with Gasteiger partial charge in [0.2, 0.25) is 11.8 Å². The Labute approximate surface area is 148 Å². The summed E-state index contributed by atoms with van der Waals surface area (Å²) in [6.45, 7) is 4.24. The molecule has 0 radical (unpaired) electrons. The zero-order valence-electron chi connectivity index (χ0n) is 14.9. The Morgan fingerprint density at radius 2 is 1.92 bits per heavy atom. The maximum Gasteiger partial charge on any atom is 0.326 e. The predicted molar refractivity (Wildman–Crippen MR) is 93.9 cm³/mol. The maximum atomic E-state index is 12.6. The van der Waals surface area contributed by atoms with Gasteiger partial charge in [0.1, 0.15) is 6.04 Å². The molecule has 0 bridgehead atoms. The van der Waals surface area contributed by atoms with Crippen LogP contribution in [0.1, 0.15) is 32.3 Å². The van der Waals surface area contributed by atoms with E-state index < -0.39 is 12.0 Å². The Morgan fingerprint density at radius 3 is 2.52 bits per heavy atom. The van der Waals surface area contributed by atoms with Gasteiger partial charge in [-0.2, -0.15) is 0 Å². The summed E-state index contributed by atoms with van der Waals surface area (Å²) in [6.07, 6.45) is 1.91. The van der Waals surface area contributed by atoms with Gasteiger partial charge in [0.15, 0.2) is 0 Å². The van der Waals surface area contributed by atoms with Crippen molar-refractivity contribution in [3.8, 4) is 0 Å². The van der Waals surface area contributed by atoms with Crippen LogP contribution in [0, 0.1) is 5.92 Å². The fourth-order valence-electron chi connectivity index (χ4n) is 3.18. The third kappa shape index (κ3) is 5.31. The van der Waals surface area contributed by atoms with Gasteiger partial charge in [-0.25, -0.2) is 4.79 Å². The van der Waals surface area contributed by atoms with E-state index in [0.717, 1.165) is 12.0 Å². The lowest BCUT2D eigenvalue weighted by molar-refractivity contribution is -0.154. The minimum atomic E-state index is -0.974. The highest BCUT2D eigenvalue weighted by Gasteiger charge is 2.35. The second-order valence-corrected chi connectivity index (χ2v) is 6.75. The molecular formula is C19H26N2O4. The number of rotatable bonds is 6. The number of carboxylic acid groups (broad SMARTS) is 1. The van der Waals surface area contributed by atoms with Gasteiger partial charge < -0.3 is 14.9 Å². The van der Waals surface area contributed by atoms with Crippen molar-refractivity contribution in [2.45, 2.75) is 39.2 Å². The molecule has 2 atom stereocenters. The smallest absolute Gasteiger partial charge is 0.326 e. The molecule has 1 aliphatic rings. The van der Waals surface area contributed by atoms with Crippen molar-refractivity contribution in [2.24, 2.45) is 5.92 Å². The Bertz CT molecular complexity index is 617. The fraction of sp³-hybridized carbons (Fsp3) is 0.526. The third-order valence-electron chi connectivity index (χ3n) is 4.75. The van der Waals surface area contributed by atoms with Crippen LogP contribution in [0.3, 0.4) is 0 Å². The van der Waals surface area contributed by atoms with Gasteiger partial charge in [-0.3, -0.25) is 9.59 Å². The summed E-state index contributed by atoms with van der Waals surface area (Å²) in [4.78, 5) is 38.9. The Kier molecular flexibility index (Phi) is 6.56. The van der Waals surface area contributed by atoms with Crippen LogP contribution in [-0.4, -0.2) is 58.4 Å². The molecule has 6 heteroatoms. The second kappa shape index (κ2) is 8.65. The lowest BCUT2D eigenvalue weighted by Gasteiger charge is -2.37. The van der Waals surface area contributed by atoms with Crippen LogP contribution in [0.25, 0.3) is 0 Å². The van der Waals surface area contributed by atoms with Crippen LogP contribution in [0.15, 0.2) is 30.3 Å². The summed E-state index contributed by atoms with van der Waals surface area (Å²) in [5.74, 6) is -1.16. The van der Waals surface area contributed by atoms with Crippen molar-refractivity contribution in [1.29, 1.82) is 0 Å². The molecule has 136 valence electrons. The van der Waals surface area contributed by atoms with Crippen LogP contribution in [0.2, 0.25) is 0 Å². The highest BCUT2D eigenvalue weighted by Crippen LogP contribution is 2.23. The van der Waals surface area contributed by atoms with Crippen LogP contribution >= 0.6 is 0 Å². The van der Waals surface area contributed by atoms with Crippen molar-refractivity contribution in [3.05, 3.63) is 35.9 Å². The second-order valence-electron chi connectivity index (χ2n) is 6.75. The van der Waals surface area contributed by atoms with E-state index in [4.69, 9.17) is 0 Å². The zero-order valence-corrected chi connectivity index (χ0v) is 14.9. The molecule has 0 saturated carbocycles. The fourth-order valence-corrected chi connectivity index (χ4v) is 3.18. The number of hydrogen-bond acceptors (Lipinski definition) is 3. The molecule has 0 aliphatic carbocycles. The van der Waals surface area contributed by atoms with E-state index in [0.29, 0.717) is 25.9 Å². The molecule has 1 aromatic rings. The van der Waals surface area contributed by atoms with Gasteiger partial charge in [-0.05, 0) is 30.7 Å². The third-order valence-corrected chi connectivity index (χ3v) is 4.75. The molecule has 2 unspecified atom stereocenters. The Balaban J connectivity index is 1.99. The normalized spacial score (nSPS) is 20.2. The largest absolute Gasteiger partial charge is 0.480 e. The summed E-state index contributed by atoms with van der Waals surface area (Å²) in [6, 6.07) is 8.97. The Hall–Kier alpha value is -2.37. The van der Waals surface area contributed by atoms with E-state index in [1.807, 2.05) is 37.3 Å². The van der Waals surface area contributed by atoms with Crippen LogP contribution in [0.5, 0.6) is 0 Å². The minimum absolute atomic E-state index is 0.0691. The summed E-state index contributed by atoms with van der Waals surface area (Å²) >= 11 is 0. The van der Waals surface area contributed by atoms with Gasteiger partial charge in [-0.1, -0.05) is 37.3 Å². The van der Waals surface area contributed by atoms with Crippen molar-refractivity contribution in [1.82, 2.24) is 9.80 Å². The van der Waals surface area contributed by atoms with Crippen LogP contribution in [-0.2, 0) is 20.8 Å². The Morgan fingerprint density at radius 1 is 1.24 bits per heavy atom. The number of carbonyl (C=O) groups excluding carboxylic acids is 2. The molecule has 1 heterocycles. The number of piperidine rings is 1. The number of nitrogens with zero attached hydrogens (tertiary/aromatic N) is 2. The lowest BCUT2D eigenvalue weighted by atomic mass is 9.92. The molecule has 25 heavy (non-hydrogen) atoms. The van der Waals surface area contributed by atoms with E-state index >= 15 is 0 Å². The topological polar surface area (TPSA) is 77.9 Å². The molecule has 1 aromatic carbocycles. The number of amides is 2. The summed E-state index contributed by atoms with van der Waals surface area (Å²) < 4.78 is 0. The molecule has 2 amide bonds. The first-order chi connectivity index (χ1) is 11.9. The summed E-state index contributed by atoms with van der Waals surface area (Å²) in [5, 5.41) is 9.40. The molecule has 1 N–H and O–H groups in total. The summed E-state index contributed by atoms with van der Waals surface area (Å²) in [7, 11) is 0. The predicted octanol–water partition coefficient (Wildman–Crippen LogP) is 1.79. The number of carbonyl (C=O) groups is 3. The number of carboxylic acids is 1. The van der Waals surface area contributed by atoms with Crippen LogP contribution < -0.4 is 0 Å². The summed E-state index contributed by atoms with van der Waals surface area (Å²) in [5.41, 5.74) is 1.09. The average molecular weight is 346 g/mol. The molecule has 1 fully saturated rings. The molecule has 1 saturated heterocycles. The minimum Gasteiger partial charge on any atom is -0.480 e. The van der Waals surface area contributed by atoms with Crippen molar-refractivity contribution in [3.63, 3.8) is 0 Å². The number of aliphatic carboxylic acids is 1. The van der Waals surface area contributed by atoms with Crippen molar-refractivity contribution < 1.29 is 19.5 Å². The van der Waals surface area contributed by atoms with Gasteiger partial charge in [0.05, 0.1) is 6.54 Å². The highest BCUT2D eigenvalue weighted by molar-refractivity contribution is 5.87. The molecule has 6 nitrogen and oxygen atoms in total. The average Bonchev–Trinajstić information content (AvgIpc) is 2.58. The monoisotopic (exact) mass is 346 g/mol. The first-order valence-electron chi connectivity index (χ1n) is 8.70. The van der Waals surface area contributed by atoms with Crippen molar-refractivity contribution in [2.75, 3.05) is 19.6 Å². The zero-order chi connectivity index (χ0) is 18.4. The van der Waals surface area contributed by atoms with Gasteiger partial charge >= 0.3 is 5.97 Å². The standard InChI is InChI=1S/C19H26N2O4/c1-14-8-11-21(17(12-14)19(24)25)18(23)13-20(15(2)22)10-9-16-6-4-3-5-7-16/h3-7,14,17H,8-13H2,1-2H3,(H,24,25). The van der Waals surface area contributed by atoms with E-state index in [1.165, 1.54) is 16.7 Å². The number of hydrogen-bond donors (Lipinski definition) is 1. The SMILES string of the molecule is CC(=O)N(CCc1ccccc1)CC(=O)N1CCC(C)CC1C(=O)O. The number of benzene rings is 1. The molecule has 0 spiro atoms. The molecular weight excluding hydrogens is 320 g/mol. The molecule has 0 aromatic heterocycles. The van der Waals surface area contributed by atoms with E-state index in [2.05, 4.69) is 0 Å². The van der Waals surface area contributed by atoms with E-state index in [9.17, 15) is 19.5 Å². The van der Waals surface area contributed by atoms with Gasteiger partial charge in [0.25, 0.3) is 0 Å². The lowest BCUT2D eigenvalue weighted by Crippen LogP contribution is -2.53. The molecule has 2 rings (SSSR count). The van der Waals surface area contributed by atoms with Gasteiger partial charge in [0, 0.05) is 20.0 Å². The van der Waals surface area contributed by atoms with Gasteiger partial charge in [-0.15, -0.1) is 0 Å².